The summed E-state index contributed by atoms with van der Waals surface area (Å²) >= 11 is 0. The first-order valence-corrected chi connectivity index (χ1v) is 8.61. The number of halogens is 3. The average Bonchev–Trinajstić information content (AvgIpc) is 2.59. The number of methoxy groups -OCH3 is 1. The first-order chi connectivity index (χ1) is 12.3. The summed E-state index contributed by atoms with van der Waals surface area (Å²) in [5.41, 5.74) is -0.341. The molecule has 3 heterocycles. The van der Waals surface area contributed by atoms with Gasteiger partial charge < -0.3 is 19.3 Å². The topological polar surface area (TPSA) is 59.8 Å². The van der Waals surface area contributed by atoms with Crippen LogP contribution in [0.1, 0.15) is 13.3 Å². The van der Waals surface area contributed by atoms with Gasteiger partial charge >= 0.3 is 6.18 Å². The molecular weight excluding hydrogens is 353 g/mol. The molecule has 0 bridgehead atoms. The molecule has 0 amide bonds. The lowest BCUT2D eigenvalue weighted by atomic mass is 10.1. The van der Waals surface area contributed by atoms with Gasteiger partial charge in [0.05, 0.1) is 25.9 Å². The van der Waals surface area contributed by atoms with Crippen LogP contribution < -0.4 is 15.4 Å². The first-order valence-electron chi connectivity index (χ1n) is 8.61. The van der Waals surface area contributed by atoms with Gasteiger partial charge in [-0.25, -0.2) is 0 Å². The summed E-state index contributed by atoms with van der Waals surface area (Å²) < 4.78 is 52.2. The fourth-order valence-corrected chi connectivity index (χ4v) is 3.46. The van der Waals surface area contributed by atoms with Crippen molar-refractivity contribution in [2.75, 3.05) is 49.8 Å². The molecule has 1 unspecified atom stereocenters. The Bertz CT molecular complexity index is 694. The van der Waals surface area contributed by atoms with Crippen LogP contribution in [0.15, 0.2) is 10.9 Å². The Morgan fingerprint density at radius 3 is 2.81 bits per heavy atom. The minimum atomic E-state index is -4.40. The molecule has 0 N–H and O–H groups in total. The van der Waals surface area contributed by atoms with Crippen LogP contribution in [0.25, 0.3) is 0 Å². The third kappa shape index (κ3) is 3.66. The zero-order chi connectivity index (χ0) is 18.9. The highest BCUT2D eigenvalue weighted by Crippen LogP contribution is 2.34. The number of morpholine rings is 1. The summed E-state index contributed by atoms with van der Waals surface area (Å²) in [4.78, 5) is 20.0. The lowest BCUT2D eigenvalue weighted by Crippen LogP contribution is -2.54. The maximum Gasteiger partial charge on any atom is 0.408 e. The van der Waals surface area contributed by atoms with E-state index in [0.717, 1.165) is 4.90 Å². The highest BCUT2D eigenvalue weighted by molar-refractivity contribution is 5.47. The molecule has 10 heteroatoms. The van der Waals surface area contributed by atoms with Crippen molar-refractivity contribution in [1.82, 2.24) is 9.55 Å². The number of hydrogen-bond donors (Lipinski definition) is 0. The van der Waals surface area contributed by atoms with Crippen molar-refractivity contribution in [1.29, 1.82) is 0 Å². The Balaban J connectivity index is 2.02. The molecule has 1 saturated heterocycles. The molecule has 0 aliphatic carbocycles. The van der Waals surface area contributed by atoms with Gasteiger partial charge in [-0.15, -0.1) is 0 Å². The lowest BCUT2D eigenvalue weighted by Gasteiger charge is -2.40. The summed E-state index contributed by atoms with van der Waals surface area (Å²) in [6, 6.07) is -0.289. The highest BCUT2D eigenvalue weighted by atomic mass is 19.4. The Morgan fingerprint density at radius 1 is 1.38 bits per heavy atom. The largest absolute Gasteiger partial charge is 0.408 e. The fraction of sp³-hybridized carbons (Fsp3) is 0.750. The lowest BCUT2D eigenvalue weighted by molar-refractivity contribution is -0.153. The predicted octanol–water partition coefficient (Wildman–Crippen LogP) is 1.26. The predicted molar refractivity (Wildman–Crippen MR) is 89.8 cm³/mol. The molecule has 0 saturated carbocycles. The molecule has 3 rings (SSSR count). The number of aromatic nitrogens is 2. The smallest absolute Gasteiger partial charge is 0.383 e. The Kier molecular flexibility index (Phi) is 5.42. The van der Waals surface area contributed by atoms with Crippen LogP contribution in [0.2, 0.25) is 0 Å². The quantitative estimate of drug-likeness (QED) is 0.789. The highest BCUT2D eigenvalue weighted by Gasteiger charge is 2.46. The molecule has 0 aromatic carbocycles. The van der Waals surface area contributed by atoms with E-state index in [-0.39, 0.29) is 43.7 Å². The monoisotopic (exact) mass is 376 g/mol. The minimum Gasteiger partial charge on any atom is -0.383 e. The van der Waals surface area contributed by atoms with E-state index in [1.807, 2.05) is 11.8 Å². The van der Waals surface area contributed by atoms with Crippen molar-refractivity contribution in [2.24, 2.45) is 0 Å². The third-order valence-electron chi connectivity index (χ3n) is 4.81. The number of ether oxygens (including phenoxy) is 2. The van der Waals surface area contributed by atoms with Gasteiger partial charge in [0.2, 0.25) is 5.95 Å². The SMILES string of the molecule is COCCN1c2nc(N3CCOC[C@H]3C)cc(=O)n2CCC1C(F)(F)F. The second kappa shape index (κ2) is 7.43. The van der Waals surface area contributed by atoms with Crippen molar-refractivity contribution in [2.45, 2.75) is 38.1 Å². The van der Waals surface area contributed by atoms with Gasteiger partial charge in [-0.3, -0.25) is 9.36 Å². The number of fused-ring (bicyclic) bond motifs is 1. The number of hydrogen-bond acceptors (Lipinski definition) is 6. The van der Waals surface area contributed by atoms with Crippen molar-refractivity contribution in [3.05, 3.63) is 16.4 Å². The molecule has 2 aliphatic heterocycles. The summed E-state index contributed by atoms with van der Waals surface area (Å²) in [6.45, 7) is 3.56. The summed E-state index contributed by atoms with van der Waals surface area (Å²) in [7, 11) is 1.43. The first kappa shape index (κ1) is 19.0. The standard InChI is InChI=1S/C16H23F3N4O3/c1-11-10-26-8-6-21(11)13-9-14(24)23-4-3-12(16(17,18)19)22(5-7-25-2)15(23)20-13/h9,11-12H,3-8,10H2,1-2H3/t11-,12?/m1/s1. The van der Waals surface area contributed by atoms with E-state index in [2.05, 4.69) is 4.98 Å². The van der Waals surface area contributed by atoms with E-state index >= 15 is 0 Å². The van der Waals surface area contributed by atoms with Gasteiger partial charge in [-0.05, 0) is 13.3 Å². The maximum absolute atomic E-state index is 13.5. The van der Waals surface area contributed by atoms with Gasteiger partial charge in [0.1, 0.15) is 11.9 Å². The van der Waals surface area contributed by atoms with E-state index < -0.39 is 12.2 Å². The molecule has 7 nitrogen and oxygen atoms in total. The van der Waals surface area contributed by atoms with Crippen molar-refractivity contribution < 1.29 is 22.6 Å². The average molecular weight is 376 g/mol. The van der Waals surface area contributed by atoms with Crippen LogP contribution in [-0.4, -0.2) is 67.8 Å². The zero-order valence-electron chi connectivity index (χ0n) is 14.8. The van der Waals surface area contributed by atoms with Crippen molar-refractivity contribution in [3.8, 4) is 0 Å². The van der Waals surface area contributed by atoms with Gasteiger partial charge in [0.15, 0.2) is 0 Å². The van der Waals surface area contributed by atoms with E-state index in [4.69, 9.17) is 9.47 Å². The van der Waals surface area contributed by atoms with Crippen LogP contribution in [0.3, 0.4) is 0 Å². The molecule has 1 fully saturated rings. The van der Waals surface area contributed by atoms with Crippen molar-refractivity contribution >= 4 is 11.8 Å². The normalized spacial score (nSPS) is 23.9. The van der Waals surface area contributed by atoms with E-state index in [9.17, 15) is 18.0 Å². The molecule has 146 valence electrons. The van der Waals surface area contributed by atoms with Crippen LogP contribution in [0, 0.1) is 0 Å². The van der Waals surface area contributed by atoms with E-state index in [1.165, 1.54) is 17.7 Å². The van der Waals surface area contributed by atoms with Crippen molar-refractivity contribution in [3.63, 3.8) is 0 Å². The second-order valence-electron chi connectivity index (χ2n) is 6.55. The van der Waals surface area contributed by atoms with Crippen LogP contribution in [-0.2, 0) is 16.0 Å². The Morgan fingerprint density at radius 2 is 2.15 bits per heavy atom. The van der Waals surface area contributed by atoms with Crippen LogP contribution >= 0.6 is 0 Å². The molecule has 0 spiro atoms. The number of anilines is 2. The van der Waals surface area contributed by atoms with Gasteiger partial charge in [-0.1, -0.05) is 0 Å². The van der Waals surface area contributed by atoms with Gasteiger partial charge in [-0.2, -0.15) is 18.2 Å². The molecule has 1 aromatic heterocycles. The molecule has 1 aromatic rings. The second-order valence-corrected chi connectivity index (χ2v) is 6.55. The van der Waals surface area contributed by atoms with E-state index in [0.29, 0.717) is 25.6 Å². The number of nitrogens with zero attached hydrogens (tertiary/aromatic N) is 4. The van der Waals surface area contributed by atoms with E-state index in [1.54, 1.807) is 0 Å². The molecule has 0 radical (unpaired) electrons. The molecule has 2 aliphatic rings. The summed E-state index contributed by atoms with van der Waals surface area (Å²) in [6.07, 6.45) is -4.59. The minimum absolute atomic E-state index is 0.00618. The maximum atomic E-state index is 13.5. The number of alkyl halides is 3. The molecule has 26 heavy (non-hydrogen) atoms. The van der Waals surface area contributed by atoms with Gasteiger partial charge in [0, 0.05) is 32.8 Å². The number of rotatable bonds is 4. The third-order valence-corrected chi connectivity index (χ3v) is 4.81. The summed E-state index contributed by atoms with van der Waals surface area (Å²) in [5, 5.41) is 0. The molecular formula is C16H23F3N4O3. The zero-order valence-corrected chi connectivity index (χ0v) is 14.8. The summed E-state index contributed by atoms with van der Waals surface area (Å²) in [5.74, 6) is 0.444. The van der Waals surface area contributed by atoms with Crippen LogP contribution in [0.4, 0.5) is 24.9 Å². The van der Waals surface area contributed by atoms with Gasteiger partial charge in [0.25, 0.3) is 5.56 Å². The fourth-order valence-electron chi connectivity index (χ4n) is 3.46. The Labute approximate surface area is 149 Å². The Hall–Kier alpha value is -1.81. The molecule has 2 atom stereocenters. The van der Waals surface area contributed by atoms with Crippen LogP contribution in [0.5, 0.6) is 0 Å².